The molecule has 3 N–H and O–H groups in total. The van der Waals surface area contributed by atoms with Gasteiger partial charge in [0.2, 0.25) is 0 Å². The normalized spacial score (nSPS) is 21.2. The summed E-state index contributed by atoms with van der Waals surface area (Å²) in [6, 6.07) is 10.7. The highest BCUT2D eigenvalue weighted by atomic mass is 79.9. The highest BCUT2D eigenvalue weighted by Crippen LogP contribution is 2.41. The fourth-order valence-electron chi connectivity index (χ4n) is 4.42. The van der Waals surface area contributed by atoms with Gasteiger partial charge in [-0.3, -0.25) is 0 Å². The van der Waals surface area contributed by atoms with E-state index in [1.54, 1.807) is 0 Å². The first kappa shape index (κ1) is 21.2. The van der Waals surface area contributed by atoms with Crippen LogP contribution in [0.1, 0.15) is 29.2 Å². The second-order valence-corrected chi connectivity index (χ2v) is 8.90. The molecule has 0 saturated carbocycles. The van der Waals surface area contributed by atoms with Crippen molar-refractivity contribution in [1.29, 1.82) is 0 Å². The number of halogens is 2. The number of aryl methyl sites for hydroxylation is 1. The highest BCUT2D eigenvalue weighted by molar-refractivity contribution is 9.10. The first-order valence-corrected chi connectivity index (χ1v) is 10.9. The van der Waals surface area contributed by atoms with E-state index in [4.69, 9.17) is 15.7 Å². The van der Waals surface area contributed by atoms with Gasteiger partial charge < -0.3 is 20.9 Å². The second-order valence-electron chi connectivity index (χ2n) is 7.98. The minimum Gasteiger partial charge on any atom is -0.370 e. The van der Waals surface area contributed by atoms with Gasteiger partial charge in [0.05, 0.1) is 5.70 Å². The predicted octanol–water partition coefficient (Wildman–Crippen LogP) is 3.33. The summed E-state index contributed by atoms with van der Waals surface area (Å²) in [5, 5.41) is 3.32. The number of aromatic nitrogens is 1. The van der Waals surface area contributed by atoms with Gasteiger partial charge in [-0.05, 0) is 54.8 Å². The number of piperazine rings is 1. The Bertz CT molecular complexity index is 995. The minimum absolute atomic E-state index is 0. The van der Waals surface area contributed by atoms with Gasteiger partial charge in [-0.1, -0.05) is 28.1 Å². The van der Waals surface area contributed by atoms with E-state index in [-0.39, 0.29) is 18.4 Å². The van der Waals surface area contributed by atoms with Crippen molar-refractivity contribution < 1.29 is 0 Å². The summed E-state index contributed by atoms with van der Waals surface area (Å²) in [5.41, 5.74) is 12.2. The van der Waals surface area contributed by atoms with Crippen molar-refractivity contribution in [2.75, 3.05) is 38.1 Å². The van der Waals surface area contributed by atoms with E-state index in [0.717, 1.165) is 60.6 Å². The van der Waals surface area contributed by atoms with Crippen LogP contribution in [0.5, 0.6) is 0 Å². The number of anilines is 1. The Balaban J connectivity index is 0.00000218. The van der Waals surface area contributed by atoms with E-state index in [1.807, 2.05) is 6.20 Å². The molecule has 3 heterocycles. The first-order valence-electron chi connectivity index (χ1n) is 10.1. The molecule has 1 aromatic heterocycles. The first-order chi connectivity index (χ1) is 14.1. The molecule has 2 aromatic rings. The van der Waals surface area contributed by atoms with Gasteiger partial charge in [0.1, 0.15) is 11.9 Å². The summed E-state index contributed by atoms with van der Waals surface area (Å²) >= 11 is 3.60. The van der Waals surface area contributed by atoms with Crippen molar-refractivity contribution in [3.05, 3.63) is 63.3 Å². The average molecular weight is 490 g/mol. The zero-order valence-electron chi connectivity index (χ0n) is 16.9. The molecule has 1 saturated heterocycles. The number of benzene rings is 1. The number of likely N-dealkylation sites (N-methyl/N-ethyl adjacent to an activating group) is 1. The van der Waals surface area contributed by atoms with Crippen molar-refractivity contribution in [2.45, 2.75) is 18.9 Å². The molecule has 2 aliphatic heterocycles. The third-order valence-electron chi connectivity index (χ3n) is 6.09. The molecule has 1 unspecified atom stereocenters. The topological polar surface area (TPSA) is 69.8 Å². The predicted molar refractivity (Wildman–Crippen MR) is 128 cm³/mol. The summed E-state index contributed by atoms with van der Waals surface area (Å²) in [6.45, 7) is 4.18. The molecular weight excluding hydrogens is 464 g/mol. The molecule has 5 rings (SSSR count). The van der Waals surface area contributed by atoms with Crippen LogP contribution in [-0.4, -0.2) is 49.1 Å². The van der Waals surface area contributed by atoms with Crippen molar-refractivity contribution >= 4 is 45.8 Å². The Kier molecular flexibility index (Phi) is 6.04. The highest BCUT2D eigenvalue weighted by Gasteiger charge is 2.30. The minimum atomic E-state index is -0.0765. The van der Waals surface area contributed by atoms with E-state index in [1.165, 1.54) is 16.7 Å². The van der Waals surface area contributed by atoms with Crippen molar-refractivity contribution in [3.63, 3.8) is 0 Å². The van der Waals surface area contributed by atoms with Crippen LogP contribution in [0.15, 0.2) is 51.6 Å². The van der Waals surface area contributed by atoms with Gasteiger partial charge in [0.15, 0.2) is 5.96 Å². The van der Waals surface area contributed by atoms with Gasteiger partial charge >= 0.3 is 0 Å². The lowest BCUT2D eigenvalue weighted by atomic mass is 9.83. The van der Waals surface area contributed by atoms with E-state index in [2.05, 4.69) is 68.4 Å². The summed E-state index contributed by atoms with van der Waals surface area (Å²) in [6.07, 6.45) is 3.96. The summed E-state index contributed by atoms with van der Waals surface area (Å²) in [4.78, 5) is 14.2. The zero-order chi connectivity index (χ0) is 20.0. The molecular formula is C22H26BrClN6. The summed E-state index contributed by atoms with van der Waals surface area (Å²) in [7, 11) is 2.17. The molecule has 1 aliphatic carbocycles. The fraction of sp³-hybridized carbons (Fsp3) is 0.364. The van der Waals surface area contributed by atoms with E-state index in [9.17, 15) is 0 Å². The third-order valence-corrected chi connectivity index (χ3v) is 6.58. The van der Waals surface area contributed by atoms with E-state index < -0.39 is 0 Å². The smallest absolute Gasteiger partial charge is 0.194 e. The van der Waals surface area contributed by atoms with Gasteiger partial charge in [-0.2, -0.15) is 0 Å². The number of hydrogen-bond donors (Lipinski definition) is 2. The maximum Gasteiger partial charge on any atom is 0.194 e. The molecule has 158 valence electrons. The fourth-order valence-corrected chi connectivity index (χ4v) is 4.78. The van der Waals surface area contributed by atoms with Crippen LogP contribution in [-0.2, 0) is 6.42 Å². The Morgan fingerprint density at radius 3 is 2.63 bits per heavy atom. The van der Waals surface area contributed by atoms with Crippen LogP contribution in [0, 0.1) is 0 Å². The number of nitrogens with two attached hydrogens (primary N) is 1. The van der Waals surface area contributed by atoms with Gasteiger partial charge in [0, 0.05) is 42.4 Å². The lowest BCUT2D eigenvalue weighted by Gasteiger charge is -2.34. The molecule has 0 bridgehead atoms. The molecule has 8 heteroatoms. The zero-order valence-corrected chi connectivity index (χ0v) is 19.3. The van der Waals surface area contributed by atoms with Crippen LogP contribution in [0.3, 0.4) is 0 Å². The van der Waals surface area contributed by atoms with Gasteiger partial charge in [-0.15, -0.1) is 12.4 Å². The van der Waals surface area contributed by atoms with Crippen molar-refractivity contribution in [3.8, 4) is 0 Å². The molecule has 1 fully saturated rings. The SMILES string of the molecule is CN1CCN(c2ccc(C3N=C(N)NC4=C3CCc3ccc(Br)cc34)cn2)CC1.Cl. The average Bonchev–Trinajstić information content (AvgIpc) is 2.74. The monoisotopic (exact) mass is 488 g/mol. The number of nitrogens with zero attached hydrogens (tertiary/aromatic N) is 4. The summed E-state index contributed by atoms with van der Waals surface area (Å²) in [5.74, 6) is 1.50. The van der Waals surface area contributed by atoms with E-state index >= 15 is 0 Å². The lowest BCUT2D eigenvalue weighted by molar-refractivity contribution is 0.312. The van der Waals surface area contributed by atoms with Crippen LogP contribution in [0.2, 0.25) is 0 Å². The van der Waals surface area contributed by atoms with Gasteiger partial charge in [0.25, 0.3) is 0 Å². The second kappa shape index (κ2) is 8.57. The third kappa shape index (κ3) is 3.94. The molecule has 1 aromatic carbocycles. The van der Waals surface area contributed by atoms with Crippen LogP contribution in [0.25, 0.3) is 5.70 Å². The maximum atomic E-state index is 6.18. The summed E-state index contributed by atoms with van der Waals surface area (Å²) < 4.78 is 1.07. The van der Waals surface area contributed by atoms with Crippen LogP contribution in [0.4, 0.5) is 5.82 Å². The molecule has 1 atom stereocenters. The number of hydrogen-bond acceptors (Lipinski definition) is 6. The van der Waals surface area contributed by atoms with Crippen LogP contribution >= 0.6 is 28.3 Å². The van der Waals surface area contributed by atoms with Gasteiger partial charge in [-0.25, -0.2) is 9.98 Å². The number of rotatable bonds is 2. The number of nitrogens with one attached hydrogen (secondary N) is 1. The van der Waals surface area contributed by atoms with Crippen molar-refractivity contribution in [1.82, 2.24) is 15.2 Å². The molecule has 0 amide bonds. The number of fused-ring (bicyclic) bond motifs is 2. The number of aliphatic imine (C=N–C) groups is 1. The molecule has 30 heavy (non-hydrogen) atoms. The largest absolute Gasteiger partial charge is 0.370 e. The quantitative estimate of drug-likeness (QED) is 0.677. The number of pyridine rings is 1. The molecule has 6 nitrogen and oxygen atoms in total. The number of guanidine groups is 1. The van der Waals surface area contributed by atoms with Crippen LogP contribution < -0.4 is 16.0 Å². The Morgan fingerprint density at radius 1 is 1.10 bits per heavy atom. The maximum absolute atomic E-state index is 6.18. The molecule has 0 radical (unpaired) electrons. The van der Waals surface area contributed by atoms with Crippen molar-refractivity contribution in [2.24, 2.45) is 10.7 Å². The molecule has 3 aliphatic rings. The lowest BCUT2D eigenvalue weighted by Crippen LogP contribution is -2.44. The Hall–Kier alpha value is -2.09. The van der Waals surface area contributed by atoms with E-state index in [0.29, 0.717) is 5.96 Å². The Labute approximate surface area is 191 Å². The Morgan fingerprint density at radius 2 is 1.90 bits per heavy atom. The standard InChI is InChI=1S/C22H25BrN6.ClH/c1-28-8-10-29(11-9-28)19-7-4-15(13-25-19)20-17-6-3-14-2-5-16(23)12-18(14)21(17)27-22(24)26-20;/h2,4-5,7,12-13,20H,3,6,8-11H2,1H3,(H3,24,26,27);1H. The molecule has 0 spiro atoms.